The molecule has 0 aromatic rings. The summed E-state index contributed by atoms with van der Waals surface area (Å²) in [5.41, 5.74) is 0. The molecule has 2 saturated heterocycles. The van der Waals surface area contributed by atoms with Gasteiger partial charge in [-0.2, -0.15) is 0 Å². The van der Waals surface area contributed by atoms with Crippen LogP contribution in [0.2, 0.25) is 0 Å². The van der Waals surface area contributed by atoms with Crippen molar-refractivity contribution in [3.05, 3.63) is 0 Å². The zero-order chi connectivity index (χ0) is 14.9. The summed E-state index contributed by atoms with van der Waals surface area (Å²) in [4.78, 5) is 36.4. The molecule has 0 spiro atoms. The second-order valence-corrected chi connectivity index (χ2v) is 6.62. The van der Waals surface area contributed by atoms with E-state index in [2.05, 4.69) is 5.32 Å². The molecule has 3 unspecified atom stereocenters. The zero-order valence-corrected chi connectivity index (χ0v) is 12.2. The van der Waals surface area contributed by atoms with Gasteiger partial charge in [0.25, 0.3) is 0 Å². The summed E-state index contributed by atoms with van der Waals surface area (Å²) in [6, 6.07) is -1.69. The number of aliphatic carboxylic acids is 1. The molecule has 20 heavy (non-hydrogen) atoms. The number of hydrogen-bond donors (Lipinski definition) is 2. The van der Waals surface area contributed by atoms with Crippen LogP contribution >= 0.6 is 11.8 Å². The normalized spacial score (nSPS) is 30.2. The third-order valence-electron chi connectivity index (χ3n) is 3.70. The number of nitrogens with one attached hydrogen (secondary N) is 1. The van der Waals surface area contributed by atoms with Crippen molar-refractivity contribution in [3.8, 4) is 0 Å². The van der Waals surface area contributed by atoms with Gasteiger partial charge in [0.2, 0.25) is 11.8 Å². The van der Waals surface area contributed by atoms with Crippen LogP contribution in [0.1, 0.15) is 19.8 Å². The highest BCUT2D eigenvalue weighted by atomic mass is 32.2. The van der Waals surface area contributed by atoms with Gasteiger partial charge in [0.1, 0.15) is 6.04 Å². The Balaban J connectivity index is 2.06. The zero-order valence-electron chi connectivity index (χ0n) is 11.4. The molecular weight excluding hydrogens is 284 g/mol. The molecule has 0 bridgehead atoms. The number of ether oxygens (including phenoxy) is 1. The highest BCUT2D eigenvalue weighted by molar-refractivity contribution is 8.01. The van der Waals surface area contributed by atoms with Gasteiger partial charge in [0.05, 0.1) is 11.5 Å². The monoisotopic (exact) mass is 302 g/mol. The topological polar surface area (TPSA) is 95.9 Å². The lowest BCUT2D eigenvalue weighted by Crippen LogP contribution is -2.54. The molecule has 2 aliphatic rings. The molecule has 0 saturated carbocycles. The van der Waals surface area contributed by atoms with Crippen molar-refractivity contribution >= 4 is 29.5 Å². The molecule has 2 N–H and O–H groups in total. The van der Waals surface area contributed by atoms with Gasteiger partial charge >= 0.3 is 5.97 Å². The molecule has 2 aliphatic heterocycles. The van der Waals surface area contributed by atoms with E-state index < -0.39 is 24.0 Å². The number of thioether (sulfide) groups is 1. The Kier molecular flexibility index (Phi) is 4.24. The van der Waals surface area contributed by atoms with Crippen molar-refractivity contribution in [1.82, 2.24) is 10.2 Å². The first-order valence-corrected chi connectivity index (χ1v) is 7.36. The molecule has 2 rings (SSSR count). The number of carbonyl (C=O) groups is 3. The van der Waals surface area contributed by atoms with Gasteiger partial charge in [0.15, 0.2) is 6.04 Å². The third-order valence-corrected chi connectivity index (χ3v) is 5.20. The summed E-state index contributed by atoms with van der Waals surface area (Å²) in [7, 11) is 1.37. The minimum Gasteiger partial charge on any atom is -0.480 e. The van der Waals surface area contributed by atoms with E-state index in [4.69, 9.17) is 9.84 Å². The molecular formula is C12H18N2O5S. The standard InChI is InChI=1S/C12H18N2O5S/c1-12-4-3-9(15)14(12)8(6-20-12)10(16)13-7(5-19-2)11(17)18/h7-8H,3-6H2,1-2H3,(H,13,16)(H,17,18). The second kappa shape index (κ2) is 5.61. The van der Waals surface area contributed by atoms with Crippen LogP contribution in [0.3, 0.4) is 0 Å². The van der Waals surface area contributed by atoms with E-state index in [0.29, 0.717) is 12.2 Å². The van der Waals surface area contributed by atoms with E-state index in [9.17, 15) is 14.4 Å². The summed E-state index contributed by atoms with van der Waals surface area (Å²) >= 11 is 1.57. The van der Waals surface area contributed by atoms with Gasteiger partial charge in [-0.25, -0.2) is 4.79 Å². The van der Waals surface area contributed by atoms with Crippen LogP contribution in [-0.4, -0.2) is 64.2 Å². The predicted molar refractivity (Wildman–Crippen MR) is 72.2 cm³/mol. The molecule has 112 valence electrons. The number of rotatable bonds is 5. The summed E-state index contributed by atoms with van der Waals surface area (Å²) in [5, 5.41) is 11.4. The fourth-order valence-corrected chi connectivity index (χ4v) is 4.06. The average Bonchev–Trinajstić information content (AvgIpc) is 2.86. The fourth-order valence-electron chi connectivity index (χ4n) is 2.62. The number of amides is 2. The van der Waals surface area contributed by atoms with Crippen LogP contribution in [0.5, 0.6) is 0 Å². The summed E-state index contributed by atoms with van der Waals surface area (Å²) in [5.74, 6) is -1.13. The number of hydrogen-bond acceptors (Lipinski definition) is 5. The Morgan fingerprint density at radius 3 is 2.95 bits per heavy atom. The predicted octanol–water partition coefficient (Wildman–Crippen LogP) is -0.344. The fraction of sp³-hybridized carbons (Fsp3) is 0.750. The largest absolute Gasteiger partial charge is 0.480 e. The number of nitrogens with zero attached hydrogens (tertiary/aromatic N) is 1. The van der Waals surface area contributed by atoms with Crippen LogP contribution < -0.4 is 5.32 Å². The quantitative estimate of drug-likeness (QED) is 0.721. The van der Waals surface area contributed by atoms with Gasteiger partial charge in [-0.05, 0) is 13.3 Å². The minimum absolute atomic E-state index is 0.0451. The molecule has 0 radical (unpaired) electrons. The maximum Gasteiger partial charge on any atom is 0.328 e. The van der Waals surface area contributed by atoms with Crippen LogP contribution in [0.4, 0.5) is 0 Å². The first-order chi connectivity index (χ1) is 9.39. The van der Waals surface area contributed by atoms with E-state index in [1.807, 2.05) is 6.92 Å². The van der Waals surface area contributed by atoms with E-state index in [1.165, 1.54) is 7.11 Å². The molecule has 7 nitrogen and oxygen atoms in total. The molecule has 2 heterocycles. The van der Waals surface area contributed by atoms with Gasteiger partial charge in [-0.3, -0.25) is 9.59 Å². The Bertz CT molecular complexity index is 444. The lowest BCUT2D eigenvalue weighted by molar-refractivity contribution is -0.145. The molecule has 0 aromatic heterocycles. The maximum absolute atomic E-state index is 12.2. The van der Waals surface area contributed by atoms with Gasteiger partial charge in [-0.15, -0.1) is 11.8 Å². The number of carboxylic acid groups (broad SMARTS) is 1. The van der Waals surface area contributed by atoms with Gasteiger partial charge < -0.3 is 20.1 Å². The van der Waals surface area contributed by atoms with Crippen molar-refractivity contribution in [2.45, 2.75) is 36.7 Å². The molecule has 3 atom stereocenters. The number of methoxy groups -OCH3 is 1. The smallest absolute Gasteiger partial charge is 0.328 e. The second-order valence-electron chi connectivity index (χ2n) is 5.12. The SMILES string of the molecule is COCC(NC(=O)C1CSC2(C)CCC(=O)N12)C(=O)O. The van der Waals surface area contributed by atoms with Crippen molar-refractivity contribution in [1.29, 1.82) is 0 Å². The van der Waals surface area contributed by atoms with Crippen LogP contribution in [0.25, 0.3) is 0 Å². The lowest BCUT2D eigenvalue weighted by atomic mass is 10.2. The first-order valence-electron chi connectivity index (χ1n) is 6.37. The molecule has 2 amide bonds. The minimum atomic E-state index is -1.15. The van der Waals surface area contributed by atoms with Crippen molar-refractivity contribution in [3.63, 3.8) is 0 Å². The maximum atomic E-state index is 12.2. The number of fused-ring (bicyclic) bond motifs is 1. The molecule has 2 fully saturated rings. The first kappa shape index (κ1) is 15.1. The molecule has 0 aliphatic carbocycles. The van der Waals surface area contributed by atoms with E-state index in [1.54, 1.807) is 16.7 Å². The summed E-state index contributed by atoms with van der Waals surface area (Å²) < 4.78 is 4.78. The number of carbonyl (C=O) groups excluding carboxylic acids is 2. The van der Waals surface area contributed by atoms with Gasteiger partial charge in [0, 0.05) is 19.3 Å². The van der Waals surface area contributed by atoms with Crippen molar-refractivity contribution < 1.29 is 24.2 Å². The Morgan fingerprint density at radius 2 is 2.35 bits per heavy atom. The van der Waals surface area contributed by atoms with Gasteiger partial charge in [-0.1, -0.05) is 0 Å². The Labute approximate surface area is 121 Å². The van der Waals surface area contributed by atoms with E-state index in [0.717, 1.165) is 6.42 Å². The molecule has 0 aromatic carbocycles. The van der Waals surface area contributed by atoms with E-state index >= 15 is 0 Å². The Morgan fingerprint density at radius 1 is 1.65 bits per heavy atom. The van der Waals surface area contributed by atoms with Crippen molar-refractivity contribution in [2.75, 3.05) is 19.5 Å². The van der Waals surface area contributed by atoms with Crippen molar-refractivity contribution in [2.24, 2.45) is 0 Å². The van der Waals surface area contributed by atoms with Crippen LogP contribution in [0.15, 0.2) is 0 Å². The lowest BCUT2D eigenvalue weighted by Gasteiger charge is -2.30. The van der Waals surface area contributed by atoms with Crippen LogP contribution in [-0.2, 0) is 19.1 Å². The van der Waals surface area contributed by atoms with E-state index in [-0.39, 0.29) is 17.4 Å². The average molecular weight is 302 g/mol. The summed E-state index contributed by atoms with van der Waals surface area (Å²) in [6.45, 7) is 1.84. The Hall–Kier alpha value is -1.28. The van der Waals surface area contributed by atoms with Crippen LogP contribution in [0, 0.1) is 0 Å². The molecule has 8 heteroatoms. The highest BCUT2D eigenvalue weighted by Crippen LogP contribution is 2.47. The third kappa shape index (κ3) is 2.62. The summed E-state index contributed by atoms with van der Waals surface area (Å²) in [6.07, 6.45) is 1.16. The highest BCUT2D eigenvalue weighted by Gasteiger charge is 2.53. The number of carboxylic acids is 1.